The first-order valence-electron chi connectivity index (χ1n) is 15.1. The van der Waals surface area contributed by atoms with Crippen LogP contribution < -0.4 is 14.2 Å². The van der Waals surface area contributed by atoms with Crippen molar-refractivity contribution in [1.82, 2.24) is 9.80 Å². The normalized spacial score (nSPS) is 28.9. The van der Waals surface area contributed by atoms with Gasteiger partial charge in [0, 0.05) is 39.0 Å². The number of piperazine rings is 1. The number of ether oxygens (including phenoxy) is 7. The molecule has 6 aliphatic heterocycles. The molecule has 0 N–H and O–H groups in total. The maximum Gasteiger partial charge on any atom is 0.338 e. The third-order valence-corrected chi connectivity index (χ3v) is 12.4. The Balaban J connectivity index is 1.53. The van der Waals surface area contributed by atoms with Crippen molar-refractivity contribution in [2.75, 3.05) is 14.2 Å². The van der Waals surface area contributed by atoms with Crippen LogP contribution in [0.5, 0.6) is 23.0 Å². The summed E-state index contributed by atoms with van der Waals surface area (Å²) in [5.41, 5.74) is 0.380. The van der Waals surface area contributed by atoms with Crippen LogP contribution >= 0.6 is 21.6 Å². The van der Waals surface area contributed by atoms with E-state index in [9.17, 15) is 24.0 Å². The smallest absolute Gasteiger partial charge is 0.338 e. The number of carbonyl (C=O) groups is 6. The second-order valence-electron chi connectivity index (χ2n) is 11.7. The minimum absolute atomic E-state index is 0.00990. The van der Waals surface area contributed by atoms with Gasteiger partial charge in [-0.05, 0) is 58.0 Å². The summed E-state index contributed by atoms with van der Waals surface area (Å²) in [5.74, 6) is -4.30. The molecule has 0 aliphatic carbocycles. The highest BCUT2D eigenvalue weighted by molar-refractivity contribution is 8.78. The van der Waals surface area contributed by atoms with Crippen molar-refractivity contribution in [2.45, 2.75) is 54.9 Å². The molecule has 7 bridgehead atoms. The average Bonchev–Trinajstić information content (AvgIpc) is 3.18. The Morgan fingerprint density at radius 1 is 0.840 bits per heavy atom. The first kappa shape index (κ1) is 33.3. The summed E-state index contributed by atoms with van der Waals surface area (Å²) in [7, 11) is 4.68. The third kappa shape index (κ3) is 4.81. The molecule has 2 aromatic carbocycles. The van der Waals surface area contributed by atoms with Gasteiger partial charge in [0.2, 0.25) is 9.74 Å². The quantitative estimate of drug-likeness (QED) is 0.194. The van der Waals surface area contributed by atoms with Crippen molar-refractivity contribution in [3.63, 3.8) is 0 Å². The third-order valence-electron chi connectivity index (χ3n) is 8.74. The molecule has 6 aliphatic rings. The Bertz CT molecular complexity index is 1950. The highest BCUT2D eigenvalue weighted by atomic mass is 33.1. The van der Waals surface area contributed by atoms with Crippen molar-refractivity contribution in [3.05, 3.63) is 71.7 Å². The van der Waals surface area contributed by atoms with Gasteiger partial charge in [-0.15, -0.1) is 0 Å². The fourth-order valence-corrected chi connectivity index (χ4v) is 10.6. The summed E-state index contributed by atoms with van der Waals surface area (Å²) >= 11 is 0. The molecule has 8 rings (SSSR count). The zero-order valence-electron chi connectivity index (χ0n) is 27.0. The number of fused-ring (bicyclic) bond motifs is 6. The van der Waals surface area contributed by atoms with Crippen molar-refractivity contribution in [1.29, 1.82) is 0 Å². The summed E-state index contributed by atoms with van der Waals surface area (Å²) in [6.07, 6.45) is -0.192. The van der Waals surface area contributed by atoms with Gasteiger partial charge >= 0.3 is 23.9 Å². The second-order valence-corrected chi connectivity index (χ2v) is 14.3. The minimum atomic E-state index is -1.97. The highest BCUT2D eigenvalue weighted by Crippen LogP contribution is 2.68. The molecule has 17 heteroatoms. The van der Waals surface area contributed by atoms with Crippen LogP contribution in [0.4, 0.5) is 0 Å². The van der Waals surface area contributed by atoms with E-state index in [4.69, 9.17) is 33.2 Å². The number of hydrogen-bond acceptors (Lipinski definition) is 15. The minimum Gasteiger partial charge on any atom is -0.493 e. The molecule has 15 nitrogen and oxygen atoms in total. The molecule has 2 spiro atoms. The van der Waals surface area contributed by atoms with Crippen molar-refractivity contribution in [3.8, 4) is 23.0 Å². The standard InChI is InChI=1S/C33H28N2O13S2/c1-15(36)44-22-9-6-18-12-25(22)47-24-13-19(7-8-21(24)42-5)29(39)48-23-10-11-43-14-20-26(23)35-31(41)32(27(18)45-16(2)37)34(4)30(40)33(35,50-49-32)28(20)46-17(3)38/h6-14,23,26-28H,1-5H3/t23-,26-,27?,28+,32+,33+/m0/s1. The number of rotatable bonds is 4. The molecule has 6 heterocycles. The van der Waals surface area contributed by atoms with Crippen LogP contribution in [-0.2, 0) is 42.9 Å². The Hall–Kier alpha value is -5.16. The Kier molecular flexibility index (Phi) is 8.01. The molecule has 0 aromatic heterocycles. The molecule has 4 fully saturated rings. The zero-order chi connectivity index (χ0) is 35.7. The Morgan fingerprint density at radius 3 is 2.22 bits per heavy atom. The number of methoxy groups -OCH3 is 1. The van der Waals surface area contributed by atoms with E-state index in [1.165, 1.54) is 92.8 Å². The van der Waals surface area contributed by atoms with Gasteiger partial charge in [0.25, 0.3) is 11.8 Å². The van der Waals surface area contributed by atoms with E-state index in [1.54, 1.807) is 0 Å². The Labute approximate surface area is 292 Å². The molecule has 50 heavy (non-hydrogen) atoms. The van der Waals surface area contributed by atoms with E-state index in [-0.39, 0.29) is 39.7 Å². The Morgan fingerprint density at radius 2 is 1.52 bits per heavy atom. The molecule has 2 amide bonds. The van der Waals surface area contributed by atoms with E-state index in [2.05, 4.69) is 0 Å². The first-order valence-corrected chi connectivity index (χ1v) is 17.2. The van der Waals surface area contributed by atoms with E-state index in [0.717, 1.165) is 28.5 Å². The van der Waals surface area contributed by atoms with Gasteiger partial charge < -0.3 is 43.0 Å². The van der Waals surface area contributed by atoms with Crippen LogP contribution in [0.3, 0.4) is 0 Å². The number of hydrogen-bond donors (Lipinski definition) is 0. The maximum absolute atomic E-state index is 15.3. The maximum atomic E-state index is 15.3. The lowest BCUT2D eigenvalue weighted by Gasteiger charge is -2.60. The van der Waals surface area contributed by atoms with Crippen LogP contribution in [0.15, 0.2) is 60.6 Å². The van der Waals surface area contributed by atoms with Gasteiger partial charge in [-0.2, -0.15) is 0 Å². The van der Waals surface area contributed by atoms with Crippen LogP contribution in [-0.4, -0.2) is 87.6 Å². The van der Waals surface area contributed by atoms with Crippen LogP contribution in [0.2, 0.25) is 0 Å². The molecule has 2 aromatic rings. The summed E-state index contributed by atoms with van der Waals surface area (Å²) in [6, 6.07) is 7.32. The van der Waals surface area contributed by atoms with Crippen LogP contribution in [0.25, 0.3) is 0 Å². The van der Waals surface area contributed by atoms with Gasteiger partial charge in [-0.25, -0.2) is 4.79 Å². The summed E-state index contributed by atoms with van der Waals surface area (Å²) in [4.78, 5) is 79.9. The van der Waals surface area contributed by atoms with Gasteiger partial charge in [0.15, 0.2) is 35.2 Å². The van der Waals surface area contributed by atoms with Gasteiger partial charge in [0.1, 0.15) is 12.1 Å². The molecular weight excluding hydrogens is 696 g/mol. The molecule has 0 saturated carbocycles. The fraction of sp³-hybridized carbons (Fsp3) is 0.333. The summed E-state index contributed by atoms with van der Waals surface area (Å²) in [5, 5.41) is 0. The van der Waals surface area contributed by atoms with Gasteiger partial charge in [-0.3, -0.25) is 24.0 Å². The first-order chi connectivity index (χ1) is 23.8. The van der Waals surface area contributed by atoms with E-state index >= 15 is 4.79 Å². The fourth-order valence-electron chi connectivity index (χ4n) is 6.70. The predicted octanol–water partition coefficient (Wildman–Crippen LogP) is 3.39. The molecule has 4 saturated heterocycles. The number of carbonyl (C=O) groups excluding carboxylic acids is 6. The van der Waals surface area contributed by atoms with Crippen LogP contribution in [0.1, 0.15) is 42.8 Å². The number of benzene rings is 2. The lowest BCUT2D eigenvalue weighted by molar-refractivity contribution is -0.182. The molecule has 0 radical (unpaired) electrons. The van der Waals surface area contributed by atoms with Crippen molar-refractivity contribution in [2.24, 2.45) is 0 Å². The van der Waals surface area contributed by atoms with Gasteiger partial charge in [0.05, 0.1) is 25.2 Å². The van der Waals surface area contributed by atoms with Crippen molar-refractivity contribution >= 4 is 57.3 Å². The highest BCUT2D eigenvalue weighted by Gasteiger charge is 2.80. The second kappa shape index (κ2) is 12.0. The predicted molar refractivity (Wildman–Crippen MR) is 172 cm³/mol. The number of esters is 4. The molecule has 6 atom stereocenters. The number of likely N-dealkylation sites (N-methyl/N-ethyl adjacent to an activating group) is 1. The van der Waals surface area contributed by atoms with Crippen LogP contribution in [0, 0.1) is 0 Å². The van der Waals surface area contributed by atoms with E-state index < -0.39 is 69.8 Å². The lowest BCUT2D eigenvalue weighted by Crippen LogP contribution is -2.79. The van der Waals surface area contributed by atoms with Crippen molar-refractivity contribution < 1.29 is 61.9 Å². The molecule has 1 unspecified atom stereocenters. The topological polar surface area (TPSA) is 174 Å². The monoisotopic (exact) mass is 724 g/mol. The number of amides is 2. The zero-order valence-corrected chi connectivity index (χ0v) is 28.7. The molecule has 260 valence electrons. The lowest BCUT2D eigenvalue weighted by atomic mass is 9.93. The average molecular weight is 725 g/mol. The van der Waals surface area contributed by atoms with Gasteiger partial charge in [-0.1, -0.05) is 6.07 Å². The summed E-state index contributed by atoms with van der Waals surface area (Å²) < 4.78 is 40.4. The molecular formula is C33H28N2O13S2. The van der Waals surface area contributed by atoms with E-state index in [0.29, 0.717) is 0 Å². The van der Waals surface area contributed by atoms with E-state index in [1.807, 2.05) is 0 Å². The SMILES string of the molecule is COc1ccc2cc1Oc1cc(ccc1OC(C)=O)C(OC(C)=O)[C@]13SS[C@@]4(C(=O)N1C)[C@H](OC(C)=O)C1=COC=C[C@H](OC2=O)[C@H]1N4C3=O. The number of nitrogens with zero attached hydrogens (tertiary/aromatic N) is 2. The summed E-state index contributed by atoms with van der Waals surface area (Å²) in [6.45, 7) is 3.52. The largest absolute Gasteiger partial charge is 0.493 e.